The smallest absolute Gasteiger partial charge is 0.289 e. The summed E-state index contributed by atoms with van der Waals surface area (Å²) in [6.07, 6.45) is 0. The fourth-order valence-corrected chi connectivity index (χ4v) is 4.00. The average molecular weight is 486 g/mol. The Bertz CT molecular complexity index is 1060. The van der Waals surface area contributed by atoms with E-state index in [0.717, 1.165) is 14.7 Å². The van der Waals surface area contributed by atoms with Crippen molar-refractivity contribution in [3.05, 3.63) is 58.6 Å². The minimum Gasteiger partial charge on any atom is -0.398 e. The van der Waals surface area contributed by atoms with Crippen molar-refractivity contribution in [2.24, 2.45) is 0 Å². The van der Waals surface area contributed by atoms with Crippen LogP contribution >= 0.6 is 0 Å². The number of benzene rings is 2. The van der Waals surface area contributed by atoms with Crippen LogP contribution in [0.25, 0.3) is 0 Å². The van der Waals surface area contributed by atoms with Gasteiger partial charge in [-0.3, -0.25) is 10.1 Å². The Balaban J connectivity index is 0.000000527. The Morgan fingerprint density at radius 1 is 0.793 bits per heavy atom. The summed E-state index contributed by atoms with van der Waals surface area (Å²) in [7, 11) is -1.56. The van der Waals surface area contributed by atoms with Gasteiger partial charge in [0.05, 0.1) is 10.6 Å². The van der Waals surface area contributed by atoms with Crippen molar-refractivity contribution in [3.63, 3.8) is 0 Å². The molecule has 2 N–H and O–H groups in total. The summed E-state index contributed by atoms with van der Waals surface area (Å²) in [4.78, 5) is 9.76. The number of sulfonamides is 2. The molecule has 0 amide bonds. The summed E-state index contributed by atoms with van der Waals surface area (Å²) in [6.45, 7) is 0. The first kappa shape index (κ1) is 27.0. The summed E-state index contributed by atoms with van der Waals surface area (Å²) >= 11 is 0. The molecule has 0 saturated heterocycles. The summed E-state index contributed by atoms with van der Waals surface area (Å²) in [6, 6.07) is 11.7. The van der Waals surface area contributed by atoms with Crippen molar-refractivity contribution in [3.8, 4) is 0 Å². The second-order valence-electron chi connectivity index (χ2n) is 5.84. The molecule has 13 heteroatoms. The largest absolute Gasteiger partial charge is 0.398 e. The van der Waals surface area contributed by atoms with Crippen molar-refractivity contribution >= 4 is 31.4 Å². The van der Waals surface area contributed by atoms with Crippen LogP contribution in [-0.2, 0) is 37.1 Å². The molecule has 2 aromatic rings. The van der Waals surface area contributed by atoms with E-state index in [1.807, 2.05) is 0 Å². The van der Waals surface area contributed by atoms with Crippen LogP contribution in [-0.4, -0.2) is 58.6 Å². The first-order valence-electron chi connectivity index (χ1n) is 7.76. The quantitative estimate of drug-likeness (QED) is 0.291. The van der Waals surface area contributed by atoms with Crippen LogP contribution in [0.4, 0.5) is 11.4 Å². The molecule has 0 saturated carbocycles. The first-order chi connectivity index (χ1) is 12.8. The first-order valence-corrected chi connectivity index (χ1v) is 10.6. The molecule has 2 aromatic carbocycles. The molecule has 10 nitrogen and oxygen atoms in total. The van der Waals surface area contributed by atoms with Gasteiger partial charge in [-0.1, -0.05) is 24.3 Å². The molecule has 0 aliphatic heterocycles. The number of hydrogen-bond donors (Lipinski definition) is 1. The van der Waals surface area contributed by atoms with Crippen LogP contribution in [0.2, 0.25) is 0 Å². The summed E-state index contributed by atoms with van der Waals surface area (Å²) in [5.41, 5.74) is 5.40. The Hall–Kier alpha value is -2.02. The van der Waals surface area contributed by atoms with E-state index in [2.05, 4.69) is 0 Å². The van der Waals surface area contributed by atoms with Crippen LogP contribution in [0.5, 0.6) is 0 Å². The number of nitrogens with two attached hydrogens (primary N) is 1. The molecular formula is C16H22FeN4O6S2. The van der Waals surface area contributed by atoms with Gasteiger partial charge >= 0.3 is 0 Å². The molecule has 0 unspecified atom stereocenters. The van der Waals surface area contributed by atoms with Gasteiger partial charge in [0.2, 0.25) is 20.0 Å². The number of nitro benzene ring substituents is 1. The Kier molecular flexibility index (Phi) is 9.93. The van der Waals surface area contributed by atoms with Crippen molar-refractivity contribution in [2.75, 3.05) is 33.9 Å². The van der Waals surface area contributed by atoms with Gasteiger partial charge in [0.1, 0.15) is 4.90 Å². The summed E-state index contributed by atoms with van der Waals surface area (Å²) < 4.78 is 48.6. The van der Waals surface area contributed by atoms with Gasteiger partial charge < -0.3 is 5.73 Å². The number of para-hydroxylation sites is 2. The SMILES string of the molecule is CN(C)S(=O)(=O)c1ccccc1N.CN(C)S(=O)(=O)c1ccccc1[N+](=O)[O-].[Fe]. The third-order valence-electron chi connectivity index (χ3n) is 3.50. The second-order valence-corrected chi connectivity index (χ2v) is 10.1. The fourth-order valence-electron chi connectivity index (χ4n) is 1.93. The predicted molar refractivity (Wildman–Crippen MR) is 106 cm³/mol. The predicted octanol–water partition coefficient (Wildman–Crippen LogP) is 1.36. The van der Waals surface area contributed by atoms with E-state index < -0.39 is 30.7 Å². The number of hydrogen-bond acceptors (Lipinski definition) is 7. The van der Waals surface area contributed by atoms with E-state index in [1.54, 1.807) is 18.2 Å². The maximum Gasteiger partial charge on any atom is 0.289 e. The normalized spacial score (nSPS) is 11.4. The van der Waals surface area contributed by atoms with E-state index >= 15 is 0 Å². The number of rotatable bonds is 5. The third-order valence-corrected chi connectivity index (χ3v) is 7.25. The molecule has 0 radical (unpaired) electrons. The molecule has 0 atom stereocenters. The maximum absolute atomic E-state index is 11.7. The Morgan fingerprint density at radius 3 is 1.59 bits per heavy atom. The van der Waals surface area contributed by atoms with Crippen molar-refractivity contribution in [1.29, 1.82) is 0 Å². The molecule has 0 heterocycles. The zero-order valence-electron chi connectivity index (χ0n) is 16.2. The van der Waals surface area contributed by atoms with E-state index in [1.165, 1.54) is 52.5 Å². The Morgan fingerprint density at radius 2 is 1.17 bits per heavy atom. The van der Waals surface area contributed by atoms with Gasteiger partial charge in [0, 0.05) is 51.3 Å². The third kappa shape index (κ3) is 6.49. The van der Waals surface area contributed by atoms with Crippen molar-refractivity contribution in [1.82, 2.24) is 8.61 Å². The van der Waals surface area contributed by atoms with Gasteiger partial charge in [-0.25, -0.2) is 25.4 Å². The fraction of sp³-hybridized carbons (Fsp3) is 0.250. The molecule has 0 aromatic heterocycles. The monoisotopic (exact) mass is 486 g/mol. The molecule has 0 fully saturated rings. The van der Waals surface area contributed by atoms with Crippen LogP contribution in [0.1, 0.15) is 0 Å². The van der Waals surface area contributed by atoms with E-state index in [4.69, 9.17) is 5.73 Å². The van der Waals surface area contributed by atoms with Crippen LogP contribution in [0, 0.1) is 10.1 Å². The van der Waals surface area contributed by atoms with Gasteiger partial charge in [-0.15, -0.1) is 0 Å². The molecule has 0 spiro atoms. The number of anilines is 1. The minimum atomic E-state index is -3.76. The van der Waals surface area contributed by atoms with Gasteiger partial charge in [0.15, 0.2) is 4.90 Å². The van der Waals surface area contributed by atoms with Crippen molar-refractivity contribution < 1.29 is 38.8 Å². The number of nitrogens with zero attached hydrogens (tertiary/aromatic N) is 3. The summed E-state index contributed by atoms with van der Waals surface area (Å²) in [5.74, 6) is 0. The van der Waals surface area contributed by atoms with Crippen LogP contribution in [0.15, 0.2) is 58.3 Å². The minimum absolute atomic E-state index is 0. The van der Waals surface area contributed by atoms with E-state index in [0.29, 0.717) is 0 Å². The molecule has 2 rings (SSSR count). The average Bonchev–Trinajstić information content (AvgIpc) is 2.62. The topological polar surface area (TPSA) is 144 Å². The summed E-state index contributed by atoms with van der Waals surface area (Å²) in [5, 5.41) is 10.6. The van der Waals surface area contributed by atoms with Gasteiger partial charge in [-0.2, -0.15) is 0 Å². The van der Waals surface area contributed by atoms with Gasteiger partial charge in [-0.05, 0) is 18.2 Å². The molecule has 0 bridgehead atoms. The van der Waals surface area contributed by atoms with Crippen LogP contribution in [0.3, 0.4) is 0 Å². The molecule has 0 aliphatic carbocycles. The molecular weight excluding hydrogens is 464 g/mol. The molecule has 0 aliphatic rings. The van der Waals surface area contributed by atoms with E-state index in [-0.39, 0.29) is 32.5 Å². The Labute approximate surface area is 181 Å². The van der Waals surface area contributed by atoms with Crippen molar-refractivity contribution in [2.45, 2.75) is 9.79 Å². The number of nitrogen functional groups attached to an aromatic ring is 1. The zero-order chi connectivity index (χ0) is 21.7. The number of nitro groups is 1. The zero-order valence-corrected chi connectivity index (χ0v) is 18.9. The molecule has 162 valence electrons. The second kappa shape index (κ2) is 10.7. The maximum atomic E-state index is 11.7. The standard InChI is InChI=1S/C8H10N2O4S.C8H12N2O2S.Fe/c1-9(2)15(13,14)8-6-4-3-5-7(8)10(11)12;1-10(2)13(11,12)8-6-4-3-5-7(8)9;/h3-6H,1-2H3;3-6H,9H2,1-2H3;. The van der Waals surface area contributed by atoms with Gasteiger partial charge in [0.25, 0.3) is 5.69 Å². The molecule has 29 heavy (non-hydrogen) atoms. The van der Waals surface area contributed by atoms with E-state index in [9.17, 15) is 26.9 Å². The van der Waals surface area contributed by atoms with Crippen LogP contribution < -0.4 is 5.73 Å².